The molecule has 2 aromatic rings. The average molecular weight is 633 g/mol. The van der Waals surface area contributed by atoms with E-state index in [1.54, 1.807) is 0 Å². The van der Waals surface area contributed by atoms with E-state index >= 15 is 0 Å². The van der Waals surface area contributed by atoms with Gasteiger partial charge in [-0.2, -0.15) is 5.70 Å². The van der Waals surface area contributed by atoms with Crippen molar-refractivity contribution in [1.82, 2.24) is 0 Å². The van der Waals surface area contributed by atoms with Gasteiger partial charge in [0.15, 0.2) is 0 Å². The van der Waals surface area contributed by atoms with Crippen molar-refractivity contribution in [2.45, 2.75) is 133 Å². The second-order valence-electron chi connectivity index (χ2n) is 15.1. The van der Waals surface area contributed by atoms with Crippen molar-refractivity contribution >= 4 is 17.1 Å². The number of aliphatic imine (C=N–C) groups is 1. The summed E-state index contributed by atoms with van der Waals surface area (Å²) in [7, 11) is 0. The summed E-state index contributed by atoms with van der Waals surface area (Å²) in [5, 5.41) is 5.46. The molecular formula is C39H61N2NiO-. The van der Waals surface area contributed by atoms with E-state index in [-0.39, 0.29) is 27.3 Å². The van der Waals surface area contributed by atoms with Gasteiger partial charge in [-0.1, -0.05) is 151 Å². The molecule has 2 aromatic carbocycles. The van der Waals surface area contributed by atoms with Gasteiger partial charge >= 0.3 is 0 Å². The van der Waals surface area contributed by atoms with Crippen LogP contribution in [0.25, 0.3) is 5.32 Å². The van der Waals surface area contributed by atoms with Crippen molar-refractivity contribution in [2.75, 3.05) is 13.2 Å². The maximum absolute atomic E-state index is 5.46. The Labute approximate surface area is 275 Å². The van der Waals surface area contributed by atoms with Gasteiger partial charge in [0, 0.05) is 40.8 Å². The van der Waals surface area contributed by atoms with Crippen molar-refractivity contribution in [2.24, 2.45) is 15.8 Å². The van der Waals surface area contributed by atoms with Crippen molar-refractivity contribution in [1.29, 1.82) is 0 Å². The third kappa shape index (κ3) is 11.5. The Morgan fingerprint density at radius 3 is 1.37 bits per heavy atom. The third-order valence-electron chi connectivity index (χ3n) is 7.79. The maximum Gasteiger partial charge on any atom is 0.0702 e. The zero-order valence-electron chi connectivity index (χ0n) is 29.8. The Kier molecular flexibility index (Phi) is 15.4. The summed E-state index contributed by atoms with van der Waals surface area (Å²) in [5.74, 6) is 1.61. The monoisotopic (exact) mass is 631 g/mol. The summed E-state index contributed by atoms with van der Waals surface area (Å²) in [6.07, 6.45) is 4.84. The second-order valence-corrected chi connectivity index (χ2v) is 15.1. The fourth-order valence-corrected chi connectivity index (χ4v) is 5.00. The number of allylic oxidation sites excluding steroid dienone is 2. The number of nitrogens with zero attached hydrogens (tertiary/aromatic N) is 2. The third-order valence-corrected chi connectivity index (χ3v) is 7.79. The number of hydrogen-bond donors (Lipinski definition) is 0. The molecule has 0 spiro atoms. The zero-order chi connectivity index (χ0) is 31.8. The van der Waals surface area contributed by atoms with E-state index in [1.165, 1.54) is 35.1 Å². The van der Waals surface area contributed by atoms with E-state index in [0.29, 0.717) is 23.7 Å². The van der Waals surface area contributed by atoms with Crippen molar-refractivity contribution < 1.29 is 21.2 Å². The van der Waals surface area contributed by atoms with Gasteiger partial charge in [0.2, 0.25) is 0 Å². The van der Waals surface area contributed by atoms with E-state index in [0.717, 1.165) is 36.0 Å². The van der Waals surface area contributed by atoms with Crippen LogP contribution in [-0.2, 0) is 21.2 Å². The predicted octanol–water partition coefficient (Wildman–Crippen LogP) is 12.7. The van der Waals surface area contributed by atoms with E-state index in [4.69, 9.17) is 15.0 Å². The van der Waals surface area contributed by atoms with Crippen molar-refractivity contribution in [3.05, 3.63) is 75.7 Å². The van der Waals surface area contributed by atoms with Crippen LogP contribution in [0.2, 0.25) is 0 Å². The van der Waals surface area contributed by atoms with Crippen LogP contribution in [0.1, 0.15) is 156 Å². The van der Waals surface area contributed by atoms with Crippen LogP contribution < -0.4 is 0 Å². The van der Waals surface area contributed by atoms with Crippen LogP contribution in [0.4, 0.5) is 11.4 Å². The summed E-state index contributed by atoms with van der Waals surface area (Å²) in [6.45, 7) is 33.7. The zero-order valence-corrected chi connectivity index (χ0v) is 30.8. The average Bonchev–Trinajstić information content (AvgIpc) is 3.46. The predicted molar refractivity (Wildman–Crippen MR) is 186 cm³/mol. The summed E-state index contributed by atoms with van der Waals surface area (Å²) in [5.41, 5.74) is 9.37. The molecular weight excluding hydrogens is 571 g/mol. The van der Waals surface area contributed by atoms with Gasteiger partial charge in [-0.25, -0.2) is 0 Å². The first-order valence-corrected chi connectivity index (χ1v) is 16.3. The molecule has 43 heavy (non-hydrogen) atoms. The smallest absolute Gasteiger partial charge is 0.0702 e. The number of benzene rings is 2. The molecule has 1 aliphatic heterocycles. The molecule has 0 saturated carbocycles. The molecule has 3 nitrogen and oxygen atoms in total. The van der Waals surface area contributed by atoms with Crippen LogP contribution in [0.15, 0.2) is 53.2 Å². The number of ether oxygens (including phenoxy) is 1. The molecule has 0 amide bonds. The van der Waals surface area contributed by atoms with E-state index < -0.39 is 0 Å². The van der Waals surface area contributed by atoms with Gasteiger partial charge in [-0.3, -0.25) is 4.99 Å². The SMILES string of the molecule is C1CCOC1.CC(C)c1cccc(C(C)C)c1N=C(/C=C(\[N-]c1c(C(C)C)cccc1C(C)C)C(C)(C)C)C(C)(C)C.[Ni]. The second kappa shape index (κ2) is 17.0. The van der Waals surface area contributed by atoms with E-state index in [2.05, 4.69) is 139 Å². The molecule has 1 saturated heterocycles. The first kappa shape index (κ1) is 39.1. The number of hydrogen-bond acceptors (Lipinski definition) is 2. The topological polar surface area (TPSA) is 35.7 Å². The molecule has 0 N–H and O–H groups in total. The van der Waals surface area contributed by atoms with Crippen LogP contribution in [0.3, 0.4) is 0 Å². The Morgan fingerprint density at radius 2 is 1.07 bits per heavy atom. The van der Waals surface area contributed by atoms with E-state index in [1.807, 2.05) is 0 Å². The van der Waals surface area contributed by atoms with Crippen molar-refractivity contribution in [3.63, 3.8) is 0 Å². The molecule has 3 rings (SSSR count). The first-order chi connectivity index (χ1) is 19.4. The molecule has 4 heteroatoms. The summed E-state index contributed by atoms with van der Waals surface area (Å²) < 4.78 is 4.94. The fourth-order valence-electron chi connectivity index (χ4n) is 5.00. The van der Waals surface area contributed by atoms with Gasteiger partial charge < -0.3 is 10.1 Å². The molecule has 0 unspecified atom stereocenters. The standard InChI is InChI=1S/C35H53N2.C4H8O.Ni/c1-22(2)26-17-15-18-27(23(3)4)32(26)36-30(34(9,10)11)21-31(35(12,13)14)37-33-28(24(5)6)19-16-20-29(33)25(7)8;1-2-4-5-3-1;/h15-25H,1-14H3;1-4H2;/q-1;;/b30-21-,37-31?;;. The minimum atomic E-state index is -0.136. The molecule has 0 aromatic heterocycles. The molecule has 0 radical (unpaired) electrons. The van der Waals surface area contributed by atoms with Crippen LogP contribution in [0, 0.1) is 10.8 Å². The maximum atomic E-state index is 5.46. The van der Waals surface area contributed by atoms with Crippen LogP contribution in [-0.4, -0.2) is 18.9 Å². The van der Waals surface area contributed by atoms with Crippen LogP contribution >= 0.6 is 0 Å². The Morgan fingerprint density at radius 1 is 0.674 bits per heavy atom. The molecule has 1 fully saturated rings. The normalized spacial score (nSPS) is 14.7. The minimum Gasteiger partial charge on any atom is -0.660 e. The number of para-hydroxylation sites is 2. The van der Waals surface area contributed by atoms with Crippen LogP contribution in [0.5, 0.6) is 0 Å². The summed E-state index contributed by atoms with van der Waals surface area (Å²) in [4.78, 5) is 5.46. The fraction of sp³-hybridized carbons (Fsp3) is 0.615. The molecule has 1 aliphatic rings. The van der Waals surface area contributed by atoms with Gasteiger partial charge in [0.25, 0.3) is 0 Å². The minimum absolute atomic E-state index is 0. The largest absolute Gasteiger partial charge is 0.660 e. The molecule has 0 aliphatic carbocycles. The molecule has 0 atom stereocenters. The molecule has 1 heterocycles. The Bertz CT molecular complexity index is 1140. The molecule has 244 valence electrons. The van der Waals surface area contributed by atoms with E-state index in [9.17, 15) is 0 Å². The first-order valence-electron chi connectivity index (χ1n) is 16.3. The number of rotatable bonds is 8. The van der Waals surface area contributed by atoms with Gasteiger partial charge in [-0.15, -0.1) is 5.69 Å². The Balaban J connectivity index is 0.00000139. The summed E-state index contributed by atoms with van der Waals surface area (Å²) in [6, 6.07) is 13.3. The van der Waals surface area contributed by atoms with Crippen molar-refractivity contribution in [3.8, 4) is 0 Å². The Hall–Kier alpha value is -1.90. The van der Waals surface area contributed by atoms with Gasteiger partial charge in [0.05, 0.1) is 5.69 Å². The van der Waals surface area contributed by atoms with Gasteiger partial charge in [-0.05, 0) is 53.1 Å². The van der Waals surface area contributed by atoms with Gasteiger partial charge in [0.1, 0.15) is 0 Å². The summed E-state index contributed by atoms with van der Waals surface area (Å²) >= 11 is 0. The quantitative estimate of drug-likeness (QED) is 0.211. The molecule has 0 bridgehead atoms.